The summed E-state index contributed by atoms with van der Waals surface area (Å²) in [6.07, 6.45) is 2.30. The van der Waals surface area contributed by atoms with Crippen LogP contribution in [0.3, 0.4) is 0 Å². The van der Waals surface area contributed by atoms with Crippen molar-refractivity contribution in [3.8, 4) is 5.75 Å². The first-order chi connectivity index (χ1) is 13.4. The summed E-state index contributed by atoms with van der Waals surface area (Å²) in [6, 6.07) is 7.10. The molecule has 3 N–H and O–H groups in total. The number of anilines is 2. The van der Waals surface area contributed by atoms with Gasteiger partial charge in [0, 0.05) is 34.7 Å². The van der Waals surface area contributed by atoms with Gasteiger partial charge in [-0.15, -0.1) is 10.2 Å². The van der Waals surface area contributed by atoms with Crippen LogP contribution in [-0.2, 0) is 0 Å². The largest absolute Gasteiger partial charge is 0.482 e. The third-order valence-corrected chi connectivity index (χ3v) is 4.46. The summed E-state index contributed by atoms with van der Waals surface area (Å²) < 4.78 is 19.5. The van der Waals surface area contributed by atoms with Crippen LogP contribution >= 0.6 is 23.2 Å². The van der Waals surface area contributed by atoms with Gasteiger partial charge in [-0.25, -0.2) is 4.39 Å². The molecule has 1 amide bonds. The fourth-order valence-corrected chi connectivity index (χ4v) is 3.06. The third-order valence-electron chi connectivity index (χ3n) is 3.75. The number of nitrogens with one attached hydrogen (secondary N) is 1. The number of pyridine rings is 1. The predicted octanol–water partition coefficient (Wildman–Crippen LogP) is 4.29. The van der Waals surface area contributed by atoms with Crippen LogP contribution in [0, 0.1) is 5.82 Å². The van der Waals surface area contributed by atoms with Crippen molar-refractivity contribution in [2.75, 3.05) is 11.1 Å². The monoisotopic (exact) mass is 421 g/mol. The highest BCUT2D eigenvalue weighted by atomic mass is 35.5. The Morgan fingerprint density at radius 1 is 1.21 bits per heavy atom. The van der Waals surface area contributed by atoms with Crippen molar-refractivity contribution < 1.29 is 13.9 Å². The van der Waals surface area contributed by atoms with Gasteiger partial charge in [-0.3, -0.25) is 9.78 Å². The quantitative estimate of drug-likeness (QED) is 0.595. The van der Waals surface area contributed by atoms with Crippen molar-refractivity contribution in [2.24, 2.45) is 0 Å². The number of carbonyl (C=O) groups excluding carboxylic acids is 1. The molecular weight excluding hydrogens is 408 g/mol. The van der Waals surface area contributed by atoms with E-state index in [1.807, 2.05) is 0 Å². The van der Waals surface area contributed by atoms with Gasteiger partial charge in [0.2, 0.25) is 0 Å². The molecule has 1 unspecified atom stereocenters. The minimum absolute atomic E-state index is 0.0235. The number of benzene rings is 1. The molecule has 10 heteroatoms. The lowest BCUT2D eigenvalue weighted by Crippen LogP contribution is -2.16. The molecule has 7 nitrogen and oxygen atoms in total. The number of ether oxygens (including phenoxy) is 1. The second kappa shape index (κ2) is 8.37. The number of hydrogen-bond acceptors (Lipinski definition) is 6. The van der Waals surface area contributed by atoms with Crippen molar-refractivity contribution in [1.82, 2.24) is 15.2 Å². The molecular formula is C18H14Cl2FN5O2. The Bertz CT molecular complexity index is 1020. The summed E-state index contributed by atoms with van der Waals surface area (Å²) in [5.74, 6) is -1.11. The fourth-order valence-electron chi connectivity index (χ4n) is 2.38. The highest BCUT2D eigenvalue weighted by Crippen LogP contribution is 2.35. The molecule has 1 atom stereocenters. The van der Waals surface area contributed by atoms with Crippen molar-refractivity contribution in [2.45, 2.75) is 13.0 Å². The van der Waals surface area contributed by atoms with Gasteiger partial charge in [0.25, 0.3) is 5.91 Å². The van der Waals surface area contributed by atoms with E-state index in [0.717, 1.165) is 6.07 Å². The van der Waals surface area contributed by atoms with Crippen LogP contribution in [-0.4, -0.2) is 21.1 Å². The Morgan fingerprint density at radius 3 is 2.64 bits per heavy atom. The van der Waals surface area contributed by atoms with E-state index >= 15 is 0 Å². The van der Waals surface area contributed by atoms with E-state index in [0.29, 0.717) is 5.69 Å². The van der Waals surface area contributed by atoms with Gasteiger partial charge >= 0.3 is 0 Å². The Hall–Kier alpha value is -2.97. The van der Waals surface area contributed by atoms with Crippen LogP contribution in [0.2, 0.25) is 10.0 Å². The van der Waals surface area contributed by atoms with Gasteiger partial charge in [-0.2, -0.15) is 0 Å². The van der Waals surface area contributed by atoms with E-state index < -0.39 is 17.8 Å². The summed E-state index contributed by atoms with van der Waals surface area (Å²) in [6.45, 7) is 1.61. The Labute approximate surface area is 169 Å². The Kier molecular flexibility index (Phi) is 5.91. The van der Waals surface area contributed by atoms with E-state index in [1.165, 1.54) is 24.5 Å². The highest BCUT2D eigenvalue weighted by molar-refractivity contribution is 6.36. The van der Waals surface area contributed by atoms with Gasteiger partial charge in [-0.1, -0.05) is 23.2 Å². The molecule has 3 aromatic rings. The summed E-state index contributed by atoms with van der Waals surface area (Å²) >= 11 is 12.1. The van der Waals surface area contributed by atoms with E-state index in [1.54, 1.807) is 19.1 Å². The molecule has 0 aliphatic carbocycles. The Morgan fingerprint density at radius 2 is 1.93 bits per heavy atom. The van der Waals surface area contributed by atoms with Gasteiger partial charge in [0.1, 0.15) is 11.9 Å². The molecule has 2 heterocycles. The van der Waals surface area contributed by atoms with E-state index in [-0.39, 0.29) is 32.9 Å². The van der Waals surface area contributed by atoms with Crippen LogP contribution in [0.1, 0.15) is 29.1 Å². The molecule has 0 saturated carbocycles. The van der Waals surface area contributed by atoms with Crippen LogP contribution in [0.4, 0.5) is 15.9 Å². The molecule has 0 aliphatic rings. The second-order valence-corrected chi connectivity index (χ2v) is 6.47. The lowest BCUT2D eigenvalue weighted by atomic mass is 10.1. The van der Waals surface area contributed by atoms with E-state index in [2.05, 4.69) is 20.5 Å². The number of nitrogen functional groups attached to an aromatic ring is 1. The summed E-state index contributed by atoms with van der Waals surface area (Å²) in [7, 11) is 0. The molecule has 144 valence electrons. The summed E-state index contributed by atoms with van der Waals surface area (Å²) in [4.78, 5) is 16.2. The van der Waals surface area contributed by atoms with Gasteiger partial charge in [-0.05, 0) is 31.2 Å². The van der Waals surface area contributed by atoms with Gasteiger partial charge < -0.3 is 15.8 Å². The van der Waals surface area contributed by atoms with Crippen molar-refractivity contribution in [3.05, 3.63) is 69.8 Å². The first-order valence-electron chi connectivity index (χ1n) is 8.01. The van der Waals surface area contributed by atoms with Crippen LogP contribution in [0.15, 0.2) is 42.7 Å². The zero-order valence-electron chi connectivity index (χ0n) is 14.5. The topological polar surface area (TPSA) is 103 Å². The number of rotatable bonds is 5. The zero-order valence-corrected chi connectivity index (χ0v) is 16.0. The molecule has 0 spiro atoms. The number of nitrogens with two attached hydrogens (primary N) is 1. The maximum atomic E-state index is 13.8. The molecule has 2 aromatic heterocycles. The standard InChI is InChI=1S/C18H14Cl2FN5O2/c1-9(15-11(19)2-3-12(21)16(15)20)28-14-8-13(25-26-17(14)22)18(27)24-10-4-6-23-7-5-10/h2-9H,1H3,(H2,22,26)(H,23,24,27). The molecule has 3 rings (SSSR count). The van der Waals surface area contributed by atoms with Crippen molar-refractivity contribution >= 4 is 40.6 Å². The summed E-state index contributed by atoms with van der Waals surface area (Å²) in [5.41, 5.74) is 6.56. The van der Waals surface area contributed by atoms with Crippen LogP contribution in [0.5, 0.6) is 5.75 Å². The van der Waals surface area contributed by atoms with Crippen LogP contribution in [0.25, 0.3) is 0 Å². The fraction of sp³-hybridized carbons (Fsp3) is 0.111. The molecule has 0 saturated heterocycles. The predicted molar refractivity (Wildman–Crippen MR) is 104 cm³/mol. The lowest BCUT2D eigenvalue weighted by molar-refractivity contribution is 0.102. The van der Waals surface area contributed by atoms with Gasteiger partial charge in [0.15, 0.2) is 17.3 Å². The lowest BCUT2D eigenvalue weighted by Gasteiger charge is -2.18. The van der Waals surface area contributed by atoms with Crippen LogP contribution < -0.4 is 15.8 Å². The number of hydrogen-bond donors (Lipinski definition) is 2. The van der Waals surface area contributed by atoms with Crippen molar-refractivity contribution in [3.63, 3.8) is 0 Å². The van der Waals surface area contributed by atoms with E-state index in [4.69, 9.17) is 33.7 Å². The van der Waals surface area contributed by atoms with E-state index in [9.17, 15) is 9.18 Å². The molecule has 0 radical (unpaired) electrons. The number of carbonyl (C=O) groups is 1. The minimum atomic E-state index is -0.765. The Balaban J connectivity index is 1.84. The normalized spacial score (nSPS) is 11.7. The third kappa shape index (κ3) is 4.29. The highest BCUT2D eigenvalue weighted by Gasteiger charge is 2.21. The molecule has 0 bridgehead atoms. The first-order valence-corrected chi connectivity index (χ1v) is 8.77. The maximum Gasteiger partial charge on any atom is 0.276 e. The number of aromatic nitrogens is 3. The van der Waals surface area contributed by atoms with Gasteiger partial charge in [0.05, 0.1) is 5.02 Å². The molecule has 28 heavy (non-hydrogen) atoms. The average Bonchev–Trinajstić information content (AvgIpc) is 2.67. The SMILES string of the molecule is CC(Oc1cc(C(=O)Nc2ccncc2)nnc1N)c1c(Cl)ccc(F)c1Cl. The van der Waals surface area contributed by atoms with Crippen molar-refractivity contribution in [1.29, 1.82) is 0 Å². The molecule has 1 aromatic carbocycles. The average molecular weight is 422 g/mol. The second-order valence-electron chi connectivity index (χ2n) is 5.69. The number of nitrogens with zero attached hydrogens (tertiary/aromatic N) is 3. The maximum absolute atomic E-state index is 13.8. The number of amides is 1. The first kappa shape index (κ1) is 19.8. The minimum Gasteiger partial charge on any atom is -0.482 e. The summed E-state index contributed by atoms with van der Waals surface area (Å²) in [5, 5.41) is 10.2. The molecule has 0 aliphatic heterocycles. The smallest absolute Gasteiger partial charge is 0.276 e. The zero-order chi connectivity index (χ0) is 20.3. The number of halogens is 3. The molecule has 0 fully saturated rings.